The Kier molecular flexibility index (Phi) is 7.17. The van der Waals surface area contributed by atoms with Gasteiger partial charge in [-0.15, -0.1) is 0 Å². The molecule has 3 rings (SSSR count). The molecule has 6 nitrogen and oxygen atoms in total. The van der Waals surface area contributed by atoms with Gasteiger partial charge >= 0.3 is 0 Å². The molecule has 0 radical (unpaired) electrons. The summed E-state index contributed by atoms with van der Waals surface area (Å²) in [5, 5.41) is 22.4. The molecule has 0 unspecified atom stereocenters. The fraction of sp³-hybridized carbons (Fsp3) is 0.217. The predicted octanol–water partition coefficient (Wildman–Crippen LogP) is 3.72. The third-order valence-electron chi connectivity index (χ3n) is 4.53. The molecule has 0 fully saturated rings. The maximum Gasteiger partial charge on any atom is 0.225 e. The van der Waals surface area contributed by atoms with Crippen molar-refractivity contribution in [3.8, 4) is 6.07 Å². The van der Waals surface area contributed by atoms with Crippen LogP contribution >= 0.6 is 0 Å². The van der Waals surface area contributed by atoms with Gasteiger partial charge < -0.3 is 14.8 Å². The van der Waals surface area contributed by atoms with Crippen molar-refractivity contribution in [3.05, 3.63) is 89.9 Å². The van der Waals surface area contributed by atoms with Crippen molar-refractivity contribution in [2.24, 2.45) is 0 Å². The monoisotopic (exact) mass is 389 g/mol. The van der Waals surface area contributed by atoms with Gasteiger partial charge in [-0.25, -0.2) is 0 Å². The van der Waals surface area contributed by atoms with Crippen molar-refractivity contribution < 1.29 is 14.3 Å². The van der Waals surface area contributed by atoms with Crippen molar-refractivity contribution in [1.82, 2.24) is 4.90 Å². The molecule has 148 valence electrons. The number of aliphatic hydroxyl groups excluding tert-OH is 1. The Bertz CT molecular complexity index is 949. The van der Waals surface area contributed by atoms with E-state index in [-0.39, 0.29) is 12.3 Å². The van der Waals surface area contributed by atoms with Crippen LogP contribution in [0.25, 0.3) is 0 Å². The minimum atomic E-state index is -0.781. The van der Waals surface area contributed by atoms with Crippen LogP contribution in [0, 0.1) is 11.3 Å². The average Bonchev–Trinajstić information content (AvgIpc) is 3.28. The number of nitrogens with one attached hydrogen (secondary N) is 1. The topological polar surface area (TPSA) is 89.5 Å². The zero-order valence-corrected chi connectivity index (χ0v) is 16.0. The average molecular weight is 389 g/mol. The molecule has 0 saturated heterocycles. The lowest BCUT2D eigenvalue weighted by molar-refractivity contribution is -0.116. The summed E-state index contributed by atoms with van der Waals surface area (Å²) in [6.45, 7) is 1.39. The zero-order valence-electron chi connectivity index (χ0n) is 16.0. The summed E-state index contributed by atoms with van der Waals surface area (Å²) in [5.74, 6) is 0.314. The van der Waals surface area contributed by atoms with Gasteiger partial charge in [0.15, 0.2) is 0 Å². The molecule has 2 N–H and O–H groups in total. The summed E-state index contributed by atoms with van der Waals surface area (Å²) < 4.78 is 5.29. The van der Waals surface area contributed by atoms with Crippen molar-refractivity contribution in [3.63, 3.8) is 0 Å². The summed E-state index contributed by atoms with van der Waals surface area (Å²) in [7, 11) is 0. The Balaban J connectivity index is 1.62. The molecule has 2 aromatic carbocycles. The lowest BCUT2D eigenvalue weighted by Crippen LogP contribution is -2.31. The van der Waals surface area contributed by atoms with E-state index >= 15 is 0 Å². The van der Waals surface area contributed by atoms with E-state index in [0.717, 1.165) is 5.56 Å². The Hall–Kier alpha value is -3.40. The molecule has 0 aliphatic heterocycles. The first-order chi connectivity index (χ1) is 14.2. The highest BCUT2D eigenvalue weighted by atomic mass is 16.4. The number of furan rings is 1. The van der Waals surface area contributed by atoms with E-state index in [9.17, 15) is 9.90 Å². The number of carbonyl (C=O) groups is 1. The van der Waals surface area contributed by atoms with Crippen LogP contribution in [0.5, 0.6) is 0 Å². The molecule has 6 heteroatoms. The van der Waals surface area contributed by atoms with Crippen LogP contribution < -0.4 is 5.32 Å². The van der Waals surface area contributed by atoms with E-state index in [1.54, 1.807) is 36.4 Å². The maximum atomic E-state index is 12.4. The quantitative estimate of drug-likeness (QED) is 0.582. The van der Waals surface area contributed by atoms with Gasteiger partial charge in [0.05, 0.1) is 17.5 Å². The number of rotatable bonds is 9. The lowest BCUT2D eigenvalue weighted by atomic mass is 10.1. The molecule has 29 heavy (non-hydrogen) atoms. The number of aliphatic hydroxyl groups is 1. The molecule has 1 heterocycles. The normalized spacial score (nSPS) is 11.8. The van der Waals surface area contributed by atoms with E-state index in [2.05, 4.69) is 11.4 Å². The van der Waals surface area contributed by atoms with Gasteiger partial charge in [-0.05, 0) is 29.8 Å². The van der Waals surface area contributed by atoms with Gasteiger partial charge in [0.2, 0.25) is 5.91 Å². The van der Waals surface area contributed by atoms with E-state index in [1.165, 1.54) is 6.26 Å². The lowest BCUT2D eigenvalue weighted by Gasteiger charge is -2.24. The number of amides is 1. The number of para-hydroxylation sites is 1. The smallest absolute Gasteiger partial charge is 0.225 e. The first-order valence-electron chi connectivity index (χ1n) is 9.42. The number of anilines is 1. The first-order valence-corrected chi connectivity index (χ1v) is 9.42. The molecule has 1 atom stereocenters. The summed E-state index contributed by atoms with van der Waals surface area (Å²) in [5.41, 5.74) is 2.02. The zero-order chi connectivity index (χ0) is 20.5. The number of nitrogens with zero attached hydrogens (tertiary/aromatic N) is 2. The second-order valence-corrected chi connectivity index (χ2v) is 6.71. The molecule has 0 bridgehead atoms. The molecule has 0 aliphatic rings. The molecular weight excluding hydrogens is 366 g/mol. The highest BCUT2D eigenvalue weighted by Crippen LogP contribution is 2.17. The van der Waals surface area contributed by atoms with E-state index in [4.69, 9.17) is 9.68 Å². The predicted molar refractivity (Wildman–Crippen MR) is 110 cm³/mol. The third kappa shape index (κ3) is 6.04. The van der Waals surface area contributed by atoms with Crippen molar-refractivity contribution in [1.29, 1.82) is 5.26 Å². The molecule has 0 spiro atoms. The minimum Gasteiger partial charge on any atom is -0.467 e. The standard InChI is InChI=1S/C23H23N3O3/c24-15-19-9-4-5-10-20(19)25-23(28)12-13-26(16-18-7-2-1-3-8-18)17-21(27)22-11-6-14-29-22/h1-11,14,21,27H,12-13,16-17H2,(H,25,28)/t21-/m0/s1. The summed E-state index contributed by atoms with van der Waals surface area (Å²) in [6.07, 6.45) is 0.980. The van der Waals surface area contributed by atoms with Crippen molar-refractivity contribution in [2.75, 3.05) is 18.4 Å². The third-order valence-corrected chi connectivity index (χ3v) is 4.53. The van der Waals surface area contributed by atoms with Crippen molar-refractivity contribution in [2.45, 2.75) is 19.1 Å². The van der Waals surface area contributed by atoms with E-state index in [1.807, 2.05) is 35.2 Å². The fourth-order valence-corrected chi connectivity index (χ4v) is 3.05. The highest BCUT2D eigenvalue weighted by Gasteiger charge is 2.17. The van der Waals surface area contributed by atoms with Gasteiger partial charge in [0, 0.05) is 26.1 Å². The second kappa shape index (κ2) is 10.2. The minimum absolute atomic E-state index is 0.182. The number of hydrogen-bond donors (Lipinski definition) is 2. The van der Waals surface area contributed by atoms with Gasteiger partial charge in [-0.1, -0.05) is 42.5 Å². The van der Waals surface area contributed by atoms with Crippen LogP contribution in [-0.4, -0.2) is 29.0 Å². The van der Waals surface area contributed by atoms with Gasteiger partial charge in [0.1, 0.15) is 17.9 Å². The Morgan fingerprint density at radius 1 is 1.10 bits per heavy atom. The van der Waals surface area contributed by atoms with Crippen LogP contribution in [0.15, 0.2) is 77.4 Å². The molecule has 0 aliphatic carbocycles. The van der Waals surface area contributed by atoms with Gasteiger partial charge in [-0.3, -0.25) is 9.69 Å². The number of nitriles is 1. The largest absolute Gasteiger partial charge is 0.467 e. The second-order valence-electron chi connectivity index (χ2n) is 6.71. The maximum absolute atomic E-state index is 12.4. The van der Waals surface area contributed by atoms with E-state index < -0.39 is 6.10 Å². The number of hydrogen-bond acceptors (Lipinski definition) is 5. The molecule has 0 saturated carbocycles. The van der Waals surface area contributed by atoms with Crippen molar-refractivity contribution >= 4 is 11.6 Å². The first kappa shape index (κ1) is 20.3. The van der Waals surface area contributed by atoms with Crippen LogP contribution in [0.2, 0.25) is 0 Å². The highest BCUT2D eigenvalue weighted by molar-refractivity contribution is 5.92. The Morgan fingerprint density at radius 2 is 1.86 bits per heavy atom. The summed E-state index contributed by atoms with van der Waals surface area (Å²) >= 11 is 0. The van der Waals surface area contributed by atoms with Crippen LogP contribution in [-0.2, 0) is 11.3 Å². The SMILES string of the molecule is N#Cc1ccccc1NC(=O)CCN(Cc1ccccc1)C[C@H](O)c1ccco1. The summed E-state index contributed by atoms with van der Waals surface area (Å²) in [6, 6.07) is 22.3. The van der Waals surface area contributed by atoms with Crippen LogP contribution in [0.3, 0.4) is 0 Å². The Labute approximate surface area is 170 Å². The fourth-order valence-electron chi connectivity index (χ4n) is 3.05. The number of benzene rings is 2. The molecule has 3 aromatic rings. The molecule has 1 aromatic heterocycles. The van der Waals surface area contributed by atoms with E-state index in [0.29, 0.717) is 36.6 Å². The molecular formula is C23H23N3O3. The summed E-state index contributed by atoms with van der Waals surface area (Å²) in [4.78, 5) is 14.4. The van der Waals surface area contributed by atoms with Gasteiger partial charge in [0.25, 0.3) is 0 Å². The molecule has 1 amide bonds. The van der Waals surface area contributed by atoms with Crippen LogP contribution in [0.1, 0.15) is 29.4 Å². The number of carbonyl (C=O) groups excluding carboxylic acids is 1. The van der Waals surface area contributed by atoms with Crippen LogP contribution in [0.4, 0.5) is 5.69 Å². The van der Waals surface area contributed by atoms with Gasteiger partial charge in [-0.2, -0.15) is 5.26 Å². The Morgan fingerprint density at radius 3 is 2.59 bits per heavy atom.